The van der Waals surface area contributed by atoms with Gasteiger partial charge in [0.05, 0.1) is 5.69 Å². The minimum absolute atomic E-state index is 0.111. The summed E-state index contributed by atoms with van der Waals surface area (Å²) in [5.74, 6) is -0.157. The molecule has 1 atom stereocenters. The summed E-state index contributed by atoms with van der Waals surface area (Å²) in [4.78, 5) is 39.6. The lowest BCUT2D eigenvalue weighted by Crippen LogP contribution is -2.51. The van der Waals surface area contributed by atoms with Crippen molar-refractivity contribution < 1.29 is 4.79 Å². The van der Waals surface area contributed by atoms with Gasteiger partial charge in [-0.2, -0.15) is 0 Å². The molecule has 0 saturated heterocycles. The van der Waals surface area contributed by atoms with Gasteiger partial charge in [0.25, 0.3) is 10.9 Å². The fourth-order valence-corrected chi connectivity index (χ4v) is 2.31. The van der Waals surface area contributed by atoms with Crippen molar-refractivity contribution in [1.82, 2.24) is 10.3 Å². The second-order valence-corrected chi connectivity index (χ2v) is 7.10. The van der Waals surface area contributed by atoms with E-state index in [1.807, 2.05) is 20.8 Å². The number of pyridine rings is 1. The van der Waals surface area contributed by atoms with Crippen LogP contribution in [0, 0.1) is 5.41 Å². The van der Waals surface area contributed by atoms with Gasteiger partial charge in [-0.1, -0.05) is 39.3 Å². The van der Waals surface area contributed by atoms with E-state index >= 15 is 0 Å². The molecule has 1 unspecified atom stereocenters. The Hall–Kier alpha value is -2.41. The largest absolute Gasteiger partial charge is 0.360 e. The van der Waals surface area contributed by atoms with Crippen molar-refractivity contribution >= 4 is 34.6 Å². The lowest BCUT2D eigenvalue weighted by Gasteiger charge is -2.33. The number of anilines is 3. The number of carbonyl (C=O) groups is 1. The summed E-state index contributed by atoms with van der Waals surface area (Å²) in [6, 6.07) is 3.31. The molecule has 0 radical (unpaired) electrons. The minimum Gasteiger partial charge on any atom is -0.360 e. The molecule has 1 aromatic heterocycles. The molecule has 0 aliphatic heterocycles. The maximum Gasteiger partial charge on any atom is 0.253 e. The summed E-state index contributed by atoms with van der Waals surface area (Å²) in [7, 11) is 0. The van der Waals surface area contributed by atoms with Crippen molar-refractivity contribution in [2.45, 2.75) is 40.3 Å². The Labute approximate surface area is 150 Å². The summed E-state index contributed by atoms with van der Waals surface area (Å²) in [6.07, 6.45) is 1.31. The lowest BCUT2D eigenvalue weighted by atomic mass is 9.91. The van der Waals surface area contributed by atoms with Crippen molar-refractivity contribution in [2.75, 3.05) is 10.6 Å². The molecule has 0 aliphatic carbocycles. The summed E-state index contributed by atoms with van der Waals surface area (Å²) in [5, 5.41) is 8.83. The van der Waals surface area contributed by atoms with Gasteiger partial charge >= 0.3 is 0 Å². The molecule has 0 aliphatic rings. The fraction of sp³-hybridized carbons (Fsp3) is 0.412. The highest BCUT2D eigenvalue weighted by atomic mass is 35.5. The van der Waals surface area contributed by atoms with E-state index in [2.05, 4.69) is 20.9 Å². The topological polar surface area (TPSA) is 100 Å². The van der Waals surface area contributed by atoms with Gasteiger partial charge in [-0.25, -0.2) is 4.98 Å². The molecule has 8 heteroatoms. The summed E-state index contributed by atoms with van der Waals surface area (Å²) in [5.41, 5.74) is -1.00. The summed E-state index contributed by atoms with van der Waals surface area (Å²) < 4.78 is 0. The first kappa shape index (κ1) is 18.9. The first-order valence-electron chi connectivity index (χ1n) is 7.92. The number of hydrogen-bond donors (Lipinski definition) is 3. The Morgan fingerprint density at radius 1 is 1.24 bits per heavy atom. The van der Waals surface area contributed by atoms with Crippen LogP contribution >= 0.6 is 11.6 Å². The van der Waals surface area contributed by atoms with Crippen molar-refractivity contribution in [3.63, 3.8) is 0 Å². The molecule has 134 valence electrons. The van der Waals surface area contributed by atoms with Crippen LogP contribution in [0.15, 0.2) is 27.9 Å². The Bertz CT molecular complexity index is 850. The number of halogens is 1. The molecule has 1 amide bonds. The van der Waals surface area contributed by atoms with Gasteiger partial charge < -0.3 is 16.0 Å². The van der Waals surface area contributed by atoms with E-state index in [4.69, 9.17) is 11.6 Å². The Kier molecular flexibility index (Phi) is 5.47. The van der Waals surface area contributed by atoms with E-state index in [9.17, 15) is 14.4 Å². The highest BCUT2D eigenvalue weighted by Gasteiger charge is 2.30. The molecule has 3 N–H and O–H groups in total. The smallest absolute Gasteiger partial charge is 0.253 e. The van der Waals surface area contributed by atoms with Crippen LogP contribution in [0.5, 0.6) is 0 Å². The van der Waals surface area contributed by atoms with E-state index in [1.54, 1.807) is 19.1 Å². The third-order valence-electron chi connectivity index (χ3n) is 3.71. The van der Waals surface area contributed by atoms with Gasteiger partial charge in [0, 0.05) is 18.0 Å². The Morgan fingerprint density at radius 2 is 1.88 bits per heavy atom. The molecule has 2 rings (SSSR count). The van der Waals surface area contributed by atoms with E-state index in [1.165, 1.54) is 6.20 Å². The zero-order chi connectivity index (χ0) is 18.8. The maximum absolute atomic E-state index is 12.0. The predicted octanol–water partition coefficient (Wildman–Crippen LogP) is 2.38. The molecule has 0 bridgehead atoms. The van der Waals surface area contributed by atoms with Crippen LogP contribution in [0.4, 0.5) is 17.1 Å². The maximum atomic E-state index is 12.0. The number of aromatic nitrogens is 1. The fourth-order valence-electron chi connectivity index (χ4n) is 2.14. The lowest BCUT2D eigenvalue weighted by molar-refractivity contribution is -0.122. The number of hydrogen-bond acceptors (Lipinski definition) is 6. The second kappa shape index (κ2) is 7.23. The summed E-state index contributed by atoms with van der Waals surface area (Å²) >= 11 is 5.98. The van der Waals surface area contributed by atoms with E-state index in [-0.39, 0.29) is 27.9 Å². The van der Waals surface area contributed by atoms with Crippen molar-refractivity contribution in [1.29, 1.82) is 0 Å². The molecular weight excluding hydrogens is 344 g/mol. The van der Waals surface area contributed by atoms with Crippen LogP contribution in [-0.4, -0.2) is 17.1 Å². The molecule has 2 aromatic rings. The highest BCUT2D eigenvalue weighted by Crippen LogP contribution is 2.28. The van der Waals surface area contributed by atoms with Crippen molar-refractivity contribution in [3.05, 3.63) is 43.9 Å². The van der Waals surface area contributed by atoms with Crippen molar-refractivity contribution in [2.24, 2.45) is 5.41 Å². The van der Waals surface area contributed by atoms with E-state index < -0.39 is 17.0 Å². The molecule has 1 aromatic carbocycles. The Morgan fingerprint density at radius 3 is 2.44 bits per heavy atom. The van der Waals surface area contributed by atoms with Gasteiger partial charge in [-0.05, 0) is 12.1 Å². The van der Waals surface area contributed by atoms with Gasteiger partial charge in [0.15, 0.2) is 5.15 Å². The average molecular weight is 365 g/mol. The molecule has 0 spiro atoms. The number of nitrogens with one attached hydrogen (secondary N) is 3. The number of nitrogens with zero attached hydrogens (tertiary/aromatic N) is 1. The van der Waals surface area contributed by atoms with Crippen LogP contribution in [0.1, 0.15) is 34.1 Å². The number of rotatable bonds is 6. The molecule has 25 heavy (non-hydrogen) atoms. The first-order valence-corrected chi connectivity index (χ1v) is 8.29. The zero-order valence-electron chi connectivity index (χ0n) is 14.6. The van der Waals surface area contributed by atoms with Gasteiger partial charge in [-0.15, -0.1) is 0 Å². The third kappa shape index (κ3) is 4.17. The zero-order valence-corrected chi connectivity index (χ0v) is 15.3. The molecule has 1 heterocycles. The molecular formula is C17H21ClN4O3. The second-order valence-electron chi connectivity index (χ2n) is 6.74. The highest BCUT2D eigenvalue weighted by molar-refractivity contribution is 6.32. The monoisotopic (exact) mass is 364 g/mol. The van der Waals surface area contributed by atoms with Gasteiger partial charge in [0.2, 0.25) is 5.91 Å². The third-order valence-corrected chi connectivity index (χ3v) is 4.01. The SMILES string of the molecule is CCC(=O)NC(Nc1c(Nc2cccnc2Cl)c(=O)c1=O)C(C)(C)C. The van der Waals surface area contributed by atoms with Gasteiger partial charge in [-0.3, -0.25) is 14.4 Å². The normalized spacial score (nSPS) is 12.7. The first-order chi connectivity index (χ1) is 11.6. The molecule has 7 nitrogen and oxygen atoms in total. The van der Waals surface area contributed by atoms with Gasteiger partial charge in [0.1, 0.15) is 17.5 Å². The average Bonchev–Trinajstić information content (AvgIpc) is 2.56. The van der Waals surface area contributed by atoms with E-state index in [0.717, 1.165) is 0 Å². The number of amides is 1. The Balaban J connectivity index is 2.29. The molecule has 0 fully saturated rings. The van der Waals surface area contributed by atoms with Crippen LogP contribution in [0.3, 0.4) is 0 Å². The minimum atomic E-state index is -0.642. The van der Waals surface area contributed by atoms with Crippen LogP contribution in [0.2, 0.25) is 5.15 Å². The van der Waals surface area contributed by atoms with E-state index in [0.29, 0.717) is 12.1 Å². The van der Waals surface area contributed by atoms with Crippen molar-refractivity contribution in [3.8, 4) is 0 Å². The summed E-state index contributed by atoms with van der Waals surface area (Å²) in [6.45, 7) is 7.48. The standard InChI is InChI=1S/C17H21ClN4O3/c1-5-10(23)21-16(17(2,3)4)22-12-11(13(24)14(12)25)20-9-7-6-8-19-15(9)18/h6-8,16,20,22H,5H2,1-4H3,(H,21,23). The molecule has 0 saturated carbocycles. The number of carbonyl (C=O) groups excluding carboxylic acids is 1. The van der Waals surface area contributed by atoms with Crippen LogP contribution < -0.4 is 26.8 Å². The van der Waals surface area contributed by atoms with Crippen LogP contribution in [0.25, 0.3) is 0 Å². The quantitative estimate of drug-likeness (QED) is 0.413. The van der Waals surface area contributed by atoms with Crippen LogP contribution in [-0.2, 0) is 4.79 Å². The predicted molar refractivity (Wildman–Crippen MR) is 99.2 cm³/mol.